The van der Waals surface area contributed by atoms with Crippen molar-refractivity contribution >= 4 is 17.7 Å². The van der Waals surface area contributed by atoms with Gasteiger partial charge in [-0.3, -0.25) is 4.79 Å². The number of hydrogen-bond donors (Lipinski definition) is 0. The van der Waals surface area contributed by atoms with Crippen molar-refractivity contribution < 1.29 is 9.53 Å². The molecule has 0 saturated carbocycles. The Hall–Kier alpha value is -0.220. The molecule has 0 atom stereocenters. The van der Waals surface area contributed by atoms with Gasteiger partial charge in [-0.05, 0) is 12.2 Å². The molecule has 4 heteroatoms. The first-order valence-corrected chi connectivity index (χ1v) is 5.34. The number of thioether (sulfide) groups is 1. The molecule has 0 aliphatic carbocycles. The van der Waals surface area contributed by atoms with Crippen molar-refractivity contribution in [2.75, 3.05) is 38.3 Å². The first-order chi connectivity index (χ1) is 5.84. The van der Waals surface area contributed by atoms with Crippen molar-refractivity contribution in [3.8, 4) is 0 Å². The van der Waals surface area contributed by atoms with Gasteiger partial charge in [-0.2, -0.15) is 11.8 Å². The van der Waals surface area contributed by atoms with Crippen LogP contribution < -0.4 is 0 Å². The molecule has 70 valence electrons. The van der Waals surface area contributed by atoms with Gasteiger partial charge < -0.3 is 9.64 Å². The van der Waals surface area contributed by atoms with E-state index in [2.05, 4.69) is 0 Å². The Morgan fingerprint density at radius 3 is 3.08 bits per heavy atom. The molecule has 1 aliphatic rings. The van der Waals surface area contributed by atoms with Gasteiger partial charge in [0.2, 0.25) is 5.91 Å². The minimum atomic E-state index is 0.125. The molecule has 0 bridgehead atoms. The summed E-state index contributed by atoms with van der Waals surface area (Å²) in [5.41, 5.74) is 0. The third-order valence-electron chi connectivity index (χ3n) is 1.84. The number of carbonyl (C=O) groups is 1. The SMILES string of the molecule is COCC(=O)N1CCCSCC1. The number of carbonyl (C=O) groups excluding carboxylic acids is 1. The molecule has 0 spiro atoms. The fraction of sp³-hybridized carbons (Fsp3) is 0.875. The van der Waals surface area contributed by atoms with Crippen LogP contribution in [0.25, 0.3) is 0 Å². The van der Waals surface area contributed by atoms with E-state index in [1.54, 1.807) is 7.11 Å². The van der Waals surface area contributed by atoms with Crippen LogP contribution in [-0.4, -0.2) is 49.1 Å². The Morgan fingerprint density at radius 1 is 1.50 bits per heavy atom. The molecule has 0 aromatic rings. The molecule has 0 radical (unpaired) electrons. The number of methoxy groups -OCH3 is 1. The van der Waals surface area contributed by atoms with E-state index >= 15 is 0 Å². The van der Waals surface area contributed by atoms with Gasteiger partial charge in [-0.1, -0.05) is 0 Å². The summed E-state index contributed by atoms with van der Waals surface area (Å²) in [4.78, 5) is 13.2. The van der Waals surface area contributed by atoms with Crippen LogP contribution in [0.2, 0.25) is 0 Å². The second-order valence-electron chi connectivity index (χ2n) is 2.78. The Bertz CT molecular complexity index is 144. The van der Waals surface area contributed by atoms with E-state index in [1.165, 1.54) is 5.75 Å². The number of ether oxygens (including phenoxy) is 1. The standard InChI is InChI=1S/C8H15NO2S/c1-11-7-8(10)9-3-2-5-12-6-4-9/h2-7H2,1H3. The van der Waals surface area contributed by atoms with E-state index in [0.717, 1.165) is 25.3 Å². The monoisotopic (exact) mass is 189 g/mol. The molecule has 1 saturated heterocycles. The molecule has 0 unspecified atom stereocenters. The zero-order chi connectivity index (χ0) is 8.81. The Kier molecular flexibility index (Phi) is 4.46. The van der Waals surface area contributed by atoms with Crippen LogP contribution in [-0.2, 0) is 9.53 Å². The Labute approximate surface area is 77.4 Å². The van der Waals surface area contributed by atoms with E-state index in [4.69, 9.17) is 4.74 Å². The number of amides is 1. The normalized spacial score (nSPS) is 18.9. The predicted molar refractivity (Wildman–Crippen MR) is 50.4 cm³/mol. The lowest BCUT2D eigenvalue weighted by Gasteiger charge is -2.18. The van der Waals surface area contributed by atoms with Crippen molar-refractivity contribution in [1.82, 2.24) is 4.90 Å². The minimum absolute atomic E-state index is 0.125. The van der Waals surface area contributed by atoms with E-state index in [9.17, 15) is 4.79 Å². The summed E-state index contributed by atoms with van der Waals surface area (Å²) < 4.78 is 4.80. The molecule has 0 aromatic heterocycles. The van der Waals surface area contributed by atoms with Gasteiger partial charge in [0, 0.05) is 26.0 Å². The molecule has 1 aliphatic heterocycles. The van der Waals surface area contributed by atoms with Crippen molar-refractivity contribution in [2.24, 2.45) is 0 Å². The van der Waals surface area contributed by atoms with Crippen LogP contribution in [0.15, 0.2) is 0 Å². The zero-order valence-corrected chi connectivity index (χ0v) is 8.23. The highest BCUT2D eigenvalue weighted by Gasteiger charge is 2.14. The number of nitrogens with zero attached hydrogens (tertiary/aromatic N) is 1. The minimum Gasteiger partial charge on any atom is -0.375 e. The molecular weight excluding hydrogens is 174 g/mol. The second kappa shape index (κ2) is 5.43. The zero-order valence-electron chi connectivity index (χ0n) is 7.41. The van der Waals surface area contributed by atoms with Gasteiger partial charge in [0.25, 0.3) is 0 Å². The fourth-order valence-corrected chi connectivity index (χ4v) is 2.10. The lowest BCUT2D eigenvalue weighted by atomic mass is 10.4. The molecule has 0 aromatic carbocycles. The van der Waals surface area contributed by atoms with Crippen LogP contribution >= 0.6 is 11.8 Å². The lowest BCUT2D eigenvalue weighted by molar-refractivity contribution is -0.134. The van der Waals surface area contributed by atoms with Gasteiger partial charge >= 0.3 is 0 Å². The van der Waals surface area contributed by atoms with Crippen LogP contribution in [0.5, 0.6) is 0 Å². The smallest absolute Gasteiger partial charge is 0.248 e. The van der Waals surface area contributed by atoms with Crippen molar-refractivity contribution in [3.05, 3.63) is 0 Å². The second-order valence-corrected chi connectivity index (χ2v) is 4.00. The molecule has 0 N–H and O–H groups in total. The van der Waals surface area contributed by atoms with E-state index in [-0.39, 0.29) is 12.5 Å². The Balaban J connectivity index is 2.32. The summed E-state index contributed by atoms with van der Waals surface area (Å²) in [6, 6.07) is 0. The Morgan fingerprint density at radius 2 is 2.33 bits per heavy atom. The van der Waals surface area contributed by atoms with Gasteiger partial charge in [-0.25, -0.2) is 0 Å². The lowest BCUT2D eigenvalue weighted by Crippen LogP contribution is -2.35. The first-order valence-electron chi connectivity index (χ1n) is 4.19. The number of hydrogen-bond acceptors (Lipinski definition) is 3. The van der Waals surface area contributed by atoms with Crippen molar-refractivity contribution in [1.29, 1.82) is 0 Å². The van der Waals surface area contributed by atoms with E-state index < -0.39 is 0 Å². The van der Waals surface area contributed by atoms with E-state index in [0.29, 0.717) is 0 Å². The highest BCUT2D eigenvalue weighted by Crippen LogP contribution is 2.09. The summed E-state index contributed by atoms with van der Waals surface area (Å²) in [7, 11) is 1.56. The summed E-state index contributed by atoms with van der Waals surface area (Å²) >= 11 is 1.92. The molecule has 3 nitrogen and oxygen atoms in total. The average molecular weight is 189 g/mol. The molecule has 1 heterocycles. The predicted octanol–water partition coefficient (Wildman–Crippen LogP) is 0.598. The van der Waals surface area contributed by atoms with Gasteiger partial charge in [-0.15, -0.1) is 0 Å². The molecule has 1 rings (SSSR count). The number of rotatable bonds is 2. The van der Waals surface area contributed by atoms with Crippen molar-refractivity contribution in [2.45, 2.75) is 6.42 Å². The largest absolute Gasteiger partial charge is 0.375 e. The van der Waals surface area contributed by atoms with Crippen molar-refractivity contribution in [3.63, 3.8) is 0 Å². The third-order valence-corrected chi connectivity index (χ3v) is 2.89. The third kappa shape index (κ3) is 3.03. The molecule has 1 fully saturated rings. The fourth-order valence-electron chi connectivity index (χ4n) is 1.21. The highest BCUT2D eigenvalue weighted by atomic mass is 32.2. The van der Waals surface area contributed by atoms with Gasteiger partial charge in [0.1, 0.15) is 6.61 Å². The summed E-state index contributed by atoms with van der Waals surface area (Å²) in [5.74, 6) is 2.37. The maximum absolute atomic E-state index is 11.3. The average Bonchev–Trinajstić information content (AvgIpc) is 2.32. The van der Waals surface area contributed by atoms with Gasteiger partial charge in [0.15, 0.2) is 0 Å². The molecule has 1 amide bonds. The molecular formula is C8H15NO2S. The summed E-state index contributed by atoms with van der Waals surface area (Å²) in [5, 5.41) is 0. The van der Waals surface area contributed by atoms with Crippen LogP contribution in [0.3, 0.4) is 0 Å². The van der Waals surface area contributed by atoms with E-state index in [1.807, 2.05) is 16.7 Å². The maximum atomic E-state index is 11.3. The first kappa shape index (κ1) is 9.86. The summed E-state index contributed by atoms with van der Waals surface area (Å²) in [6.45, 7) is 2.01. The van der Waals surface area contributed by atoms with Crippen LogP contribution in [0.4, 0.5) is 0 Å². The molecule has 12 heavy (non-hydrogen) atoms. The van der Waals surface area contributed by atoms with Crippen LogP contribution in [0, 0.1) is 0 Å². The highest BCUT2D eigenvalue weighted by molar-refractivity contribution is 7.99. The topological polar surface area (TPSA) is 29.5 Å². The van der Waals surface area contributed by atoms with Gasteiger partial charge in [0.05, 0.1) is 0 Å². The quantitative estimate of drug-likeness (QED) is 0.637. The maximum Gasteiger partial charge on any atom is 0.248 e. The summed E-state index contributed by atoms with van der Waals surface area (Å²) in [6.07, 6.45) is 1.11. The van der Waals surface area contributed by atoms with Crippen LogP contribution in [0.1, 0.15) is 6.42 Å².